The van der Waals surface area contributed by atoms with Gasteiger partial charge in [-0.3, -0.25) is 9.69 Å². The maximum atomic E-state index is 12.5. The molecule has 3 saturated heterocycles. The Morgan fingerprint density at radius 1 is 1.21 bits per heavy atom. The molecule has 0 saturated carbocycles. The van der Waals surface area contributed by atoms with Crippen LogP contribution in [0.1, 0.15) is 31.2 Å². The summed E-state index contributed by atoms with van der Waals surface area (Å²) in [7, 11) is 0. The highest BCUT2D eigenvalue weighted by Crippen LogP contribution is 2.42. The van der Waals surface area contributed by atoms with Crippen LogP contribution in [-0.2, 0) is 16.1 Å². The second-order valence-corrected chi connectivity index (χ2v) is 8.25. The van der Waals surface area contributed by atoms with E-state index in [0.29, 0.717) is 24.6 Å². The predicted molar refractivity (Wildman–Crippen MR) is 102 cm³/mol. The van der Waals surface area contributed by atoms with E-state index < -0.39 is 5.97 Å². The van der Waals surface area contributed by atoms with Crippen molar-refractivity contribution in [2.24, 2.45) is 11.8 Å². The summed E-state index contributed by atoms with van der Waals surface area (Å²) < 4.78 is 5.46. The van der Waals surface area contributed by atoms with Gasteiger partial charge in [-0.15, -0.1) is 0 Å². The Hall–Kier alpha value is -2.12. The molecule has 3 aliphatic rings. The summed E-state index contributed by atoms with van der Waals surface area (Å²) in [6.45, 7) is 2.09. The van der Waals surface area contributed by atoms with Crippen molar-refractivity contribution in [1.82, 2.24) is 9.80 Å². The molecule has 3 heterocycles. The first-order valence-electron chi connectivity index (χ1n) is 10.1. The molecule has 152 valence electrons. The summed E-state index contributed by atoms with van der Waals surface area (Å²) in [6.07, 6.45) is 3.62. The largest absolute Gasteiger partial charge is 0.482 e. The molecule has 4 rings (SSSR count). The zero-order valence-corrected chi connectivity index (χ0v) is 16.0. The summed E-state index contributed by atoms with van der Waals surface area (Å²) in [5, 5.41) is 18.9. The van der Waals surface area contributed by atoms with E-state index in [4.69, 9.17) is 9.84 Å². The minimum absolute atomic E-state index is 0.0196. The Balaban J connectivity index is 1.50. The Morgan fingerprint density at radius 3 is 2.79 bits per heavy atom. The van der Waals surface area contributed by atoms with Gasteiger partial charge in [0.2, 0.25) is 5.91 Å². The van der Waals surface area contributed by atoms with Gasteiger partial charge in [0.15, 0.2) is 6.61 Å². The first kappa shape index (κ1) is 19.2. The van der Waals surface area contributed by atoms with Gasteiger partial charge in [0.25, 0.3) is 0 Å². The third kappa shape index (κ3) is 3.73. The van der Waals surface area contributed by atoms with Crippen molar-refractivity contribution in [1.29, 1.82) is 0 Å². The smallest absolute Gasteiger partial charge is 0.341 e. The van der Waals surface area contributed by atoms with Crippen LogP contribution < -0.4 is 4.74 Å². The van der Waals surface area contributed by atoms with Crippen LogP contribution in [0.3, 0.4) is 0 Å². The second kappa shape index (κ2) is 8.09. The van der Waals surface area contributed by atoms with Gasteiger partial charge in [0.05, 0.1) is 12.6 Å². The number of fused-ring (bicyclic) bond motifs is 4. The van der Waals surface area contributed by atoms with E-state index in [1.54, 1.807) is 6.07 Å². The topological polar surface area (TPSA) is 90.3 Å². The third-order valence-corrected chi connectivity index (χ3v) is 6.48. The summed E-state index contributed by atoms with van der Waals surface area (Å²) in [4.78, 5) is 27.7. The molecule has 2 N–H and O–H groups in total. The van der Waals surface area contributed by atoms with Gasteiger partial charge in [0.1, 0.15) is 5.75 Å². The monoisotopic (exact) mass is 388 g/mol. The highest BCUT2D eigenvalue weighted by molar-refractivity contribution is 5.78. The average Bonchev–Trinajstić information content (AvgIpc) is 2.68. The summed E-state index contributed by atoms with van der Waals surface area (Å²) in [6, 6.07) is 7.71. The molecule has 3 aliphatic heterocycles. The number of piperidine rings is 3. The summed E-state index contributed by atoms with van der Waals surface area (Å²) in [5.74, 6) is 0.516. The Bertz CT molecular complexity index is 725. The number of aliphatic hydroxyl groups is 1. The molecular formula is C21H28N2O5. The fraction of sp³-hybridized carbons (Fsp3) is 0.619. The fourth-order valence-electron chi connectivity index (χ4n) is 5.39. The number of hydrogen-bond donors (Lipinski definition) is 2. The molecule has 0 radical (unpaired) electrons. The number of para-hydroxylation sites is 1. The fourth-order valence-corrected chi connectivity index (χ4v) is 5.39. The van der Waals surface area contributed by atoms with E-state index in [-0.39, 0.29) is 37.1 Å². The lowest BCUT2D eigenvalue weighted by molar-refractivity contribution is -0.155. The first-order valence-corrected chi connectivity index (χ1v) is 10.1. The maximum absolute atomic E-state index is 12.5. The third-order valence-electron chi connectivity index (χ3n) is 6.48. The average molecular weight is 388 g/mol. The van der Waals surface area contributed by atoms with Crippen LogP contribution in [-0.4, -0.2) is 70.3 Å². The molecule has 0 spiro atoms. The van der Waals surface area contributed by atoms with Gasteiger partial charge >= 0.3 is 5.97 Å². The minimum atomic E-state index is -0.991. The molecule has 1 amide bonds. The van der Waals surface area contributed by atoms with E-state index in [2.05, 4.69) is 4.90 Å². The molecule has 7 nitrogen and oxygen atoms in total. The molecule has 7 heteroatoms. The van der Waals surface area contributed by atoms with Crippen molar-refractivity contribution >= 4 is 11.9 Å². The number of carbonyl (C=O) groups excluding carboxylic acids is 1. The maximum Gasteiger partial charge on any atom is 0.341 e. The molecule has 1 aromatic carbocycles. The van der Waals surface area contributed by atoms with Crippen LogP contribution in [0.4, 0.5) is 0 Å². The number of carboxylic acid groups (broad SMARTS) is 1. The molecule has 0 aromatic heterocycles. The second-order valence-electron chi connectivity index (χ2n) is 8.25. The Labute approximate surface area is 164 Å². The molecule has 2 bridgehead atoms. The van der Waals surface area contributed by atoms with Gasteiger partial charge < -0.3 is 19.8 Å². The van der Waals surface area contributed by atoms with E-state index >= 15 is 0 Å². The highest BCUT2D eigenvalue weighted by Gasteiger charge is 2.49. The van der Waals surface area contributed by atoms with Gasteiger partial charge in [-0.05, 0) is 37.2 Å². The zero-order valence-electron chi connectivity index (χ0n) is 16.0. The van der Waals surface area contributed by atoms with Crippen molar-refractivity contribution < 1.29 is 24.5 Å². The summed E-state index contributed by atoms with van der Waals surface area (Å²) in [5.41, 5.74) is 0.973. The molecule has 4 atom stereocenters. The number of hydrogen-bond acceptors (Lipinski definition) is 5. The number of benzene rings is 1. The van der Waals surface area contributed by atoms with Crippen molar-refractivity contribution in [3.8, 4) is 5.75 Å². The summed E-state index contributed by atoms with van der Waals surface area (Å²) >= 11 is 0. The van der Waals surface area contributed by atoms with Crippen molar-refractivity contribution in [2.45, 2.75) is 44.3 Å². The van der Waals surface area contributed by atoms with Crippen LogP contribution >= 0.6 is 0 Å². The number of aliphatic carboxylic acids is 1. The number of likely N-dealkylation sites (tertiary alicyclic amines) is 1. The number of nitrogens with zero attached hydrogens (tertiary/aromatic N) is 2. The van der Waals surface area contributed by atoms with Crippen LogP contribution in [0, 0.1) is 11.8 Å². The SMILES string of the molecule is O=C(O)COc1ccccc1CN1C[C@H]2C[C@@H](C1)[C@H](CO)N1C(=O)CCC[C@@H]21. The first-order chi connectivity index (χ1) is 13.6. The van der Waals surface area contributed by atoms with Gasteiger partial charge in [0, 0.05) is 37.7 Å². The number of rotatable bonds is 6. The van der Waals surface area contributed by atoms with Crippen molar-refractivity contribution in [2.75, 3.05) is 26.3 Å². The van der Waals surface area contributed by atoms with Gasteiger partial charge in [-0.1, -0.05) is 18.2 Å². The van der Waals surface area contributed by atoms with Crippen LogP contribution in [0.15, 0.2) is 24.3 Å². The van der Waals surface area contributed by atoms with Crippen LogP contribution in [0.25, 0.3) is 0 Å². The van der Waals surface area contributed by atoms with E-state index in [1.807, 2.05) is 23.1 Å². The normalized spacial score (nSPS) is 30.0. The zero-order chi connectivity index (χ0) is 19.7. The molecule has 0 aliphatic carbocycles. The van der Waals surface area contributed by atoms with Crippen molar-refractivity contribution in [3.63, 3.8) is 0 Å². The molecule has 28 heavy (non-hydrogen) atoms. The number of amides is 1. The van der Waals surface area contributed by atoms with Crippen LogP contribution in [0.2, 0.25) is 0 Å². The minimum Gasteiger partial charge on any atom is -0.482 e. The van der Waals surface area contributed by atoms with E-state index in [0.717, 1.165) is 37.9 Å². The van der Waals surface area contributed by atoms with Crippen molar-refractivity contribution in [3.05, 3.63) is 29.8 Å². The Morgan fingerprint density at radius 2 is 2.00 bits per heavy atom. The van der Waals surface area contributed by atoms with E-state index in [9.17, 15) is 14.7 Å². The van der Waals surface area contributed by atoms with Crippen LogP contribution in [0.5, 0.6) is 5.75 Å². The molecule has 3 fully saturated rings. The van der Waals surface area contributed by atoms with Gasteiger partial charge in [-0.25, -0.2) is 4.79 Å². The standard InChI is InChI=1S/C21H28N2O5/c24-12-18-16-8-15(17-5-3-7-20(25)23(17)18)10-22(11-16)9-14-4-1-2-6-19(14)28-13-21(26)27/h1-2,4,6,15-18,24H,3,5,7-13H2,(H,26,27)/t15-,16+,17+,18+/m1/s1. The Kier molecular flexibility index (Phi) is 5.55. The number of ether oxygens (including phenoxy) is 1. The van der Waals surface area contributed by atoms with E-state index in [1.165, 1.54) is 0 Å². The number of carboxylic acids is 1. The quantitative estimate of drug-likeness (QED) is 0.764. The molecule has 1 aromatic rings. The lowest BCUT2D eigenvalue weighted by atomic mass is 9.72. The molecular weight excluding hydrogens is 360 g/mol. The van der Waals surface area contributed by atoms with Gasteiger partial charge in [-0.2, -0.15) is 0 Å². The lowest BCUT2D eigenvalue weighted by Crippen LogP contribution is -2.65. The predicted octanol–water partition coefficient (Wildman–Crippen LogP) is 1.34. The number of aliphatic hydroxyl groups excluding tert-OH is 1. The molecule has 0 unspecified atom stereocenters. The number of carbonyl (C=O) groups is 2. The lowest BCUT2D eigenvalue weighted by Gasteiger charge is -2.56. The highest BCUT2D eigenvalue weighted by atomic mass is 16.5.